The van der Waals surface area contributed by atoms with E-state index in [0.717, 1.165) is 0 Å². The van der Waals surface area contributed by atoms with Crippen LogP contribution in [-0.2, 0) is 4.74 Å². The average molecular weight is 336 g/mol. The molecular weight excluding hydrogens is 323 g/mol. The molecule has 0 aliphatic carbocycles. The Hall–Kier alpha value is -1.01. The molecule has 1 aliphatic heterocycles. The van der Waals surface area contributed by atoms with Gasteiger partial charge in [0.2, 0.25) is 0 Å². The van der Waals surface area contributed by atoms with Gasteiger partial charge in [-0.2, -0.15) is 13.2 Å². The van der Waals surface area contributed by atoms with E-state index in [1.807, 2.05) is 0 Å². The molecule has 1 aromatic rings. The summed E-state index contributed by atoms with van der Waals surface area (Å²) in [7, 11) is 0. The van der Waals surface area contributed by atoms with Crippen molar-refractivity contribution in [2.75, 3.05) is 26.3 Å². The number of benzene rings is 1. The van der Waals surface area contributed by atoms with E-state index >= 15 is 0 Å². The summed E-state index contributed by atoms with van der Waals surface area (Å²) in [4.78, 5) is 1.32. The van der Waals surface area contributed by atoms with E-state index in [0.29, 0.717) is 18.8 Å². The summed E-state index contributed by atoms with van der Waals surface area (Å²) < 4.78 is 45.0. The molecule has 0 bridgehead atoms. The second-order valence-corrected chi connectivity index (χ2v) is 4.92. The van der Waals surface area contributed by atoms with Gasteiger partial charge in [-0.25, -0.2) is 0 Å². The molecule has 104 valence electrons. The molecule has 1 heterocycles. The van der Waals surface area contributed by atoms with Crippen molar-refractivity contribution in [3.63, 3.8) is 0 Å². The molecule has 0 unspecified atom stereocenters. The third kappa shape index (κ3) is 3.51. The van der Waals surface area contributed by atoms with E-state index in [4.69, 9.17) is 4.74 Å². The largest absolute Gasteiger partial charge is 0.432 e. The first kappa shape index (κ1) is 14.4. The van der Waals surface area contributed by atoms with Crippen LogP contribution in [0, 0.1) is 0 Å². The second kappa shape index (κ2) is 5.96. The number of hydrogen-bond donors (Lipinski definition) is 0. The maximum atomic E-state index is 13.3. The lowest BCUT2D eigenvalue weighted by molar-refractivity contribution is -0.116. The first-order chi connectivity index (χ1) is 9.00. The lowest BCUT2D eigenvalue weighted by Gasteiger charge is -2.32. The molecule has 0 N–H and O–H groups in total. The molecule has 0 spiro atoms. The van der Waals surface area contributed by atoms with Gasteiger partial charge < -0.3 is 9.64 Å². The van der Waals surface area contributed by atoms with Crippen LogP contribution in [0.5, 0.6) is 0 Å². The Bertz CT molecular complexity index is 453. The number of allylic oxidation sites excluding steroid dienone is 1. The van der Waals surface area contributed by atoms with Crippen LogP contribution in [0.15, 0.2) is 36.0 Å². The van der Waals surface area contributed by atoms with E-state index in [1.165, 1.54) is 4.90 Å². The molecule has 2 rings (SSSR count). The van der Waals surface area contributed by atoms with Gasteiger partial charge >= 0.3 is 6.18 Å². The van der Waals surface area contributed by atoms with Gasteiger partial charge in [-0.15, -0.1) is 0 Å². The Morgan fingerprint density at radius 1 is 1.11 bits per heavy atom. The van der Waals surface area contributed by atoms with Crippen molar-refractivity contribution < 1.29 is 17.9 Å². The van der Waals surface area contributed by atoms with Crippen molar-refractivity contribution in [1.29, 1.82) is 0 Å². The topological polar surface area (TPSA) is 12.5 Å². The molecule has 1 aliphatic rings. The molecule has 1 fully saturated rings. The highest BCUT2D eigenvalue weighted by atomic mass is 79.9. The van der Waals surface area contributed by atoms with Crippen molar-refractivity contribution in [1.82, 2.24) is 4.90 Å². The molecule has 19 heavy (non-hydrogen) atoms. The number of alkyl halides is 3. The number of hydrogen-bond acceptors (Lipinski definition) is 2. The lowest BCUT2D eigenvalue weighted by Crippen LogP contribution is -2.40. The quantitative estimate of drug-likeness (QED) is 0.818. The van der Waals surface area contributed by atoms with Gasteiger partial charge in [0, 0.05) is 13.1 Å². The zero-order chi connectivity index (χ0) is 13.9. The zero-order valence-electron chi connectivity index (χ0n) is 10.1. The van der Waals surface area contributed by atoms with Crippen LogP contribution in [0.3, 0.4) is 0 Å². The normalized spacial score (nSPS) is 18.2. The maximum absolute atomic E-state index is 13.3. The molecule has 0 saturated carbocycles. The molecule has 0 aromatic heterocycles. The Morgan fingerprint density at radius 3 is 2.21 bits per heavy atom. The van der Waals surface area contributed by atoms with Crippen LogP contribution in [-0.4, -0.2) is 37.4 Å². The van der Waals surface area contributed by atoms with Gasteiger partial charge in [0.15, 0.2) is 0 Å². The van der Waals surface area contributed by atoms with E-state index in [1.54, 1.807) is 30.3 Å². The predicted octanol–water partition coefficient (Wildman–Crippen LogP) is 3.64. The number of nitrogens with zero attached hydrogens (tertiary/aromatic N) is 1. The first-order valence-electron chi connectivity index (χ1n) is 5.85. The first-order valence-corrected chi connectivity index (χ1v) is 6.64. The third-order valence-corrected chi connectivity index (χ3v) is 3.66. The minimum atomic E-state index is -4.40. The summed E-state index contributed by atoms with van der Waals surface area (Å²) in [6.07, 6.45) is -4.40. The molecule has 0 radical (unpaired) electrons. The molecular formula is C13H13BrF3NO. The van der Waals surface area contributed by atoms with Crippen LogP contribution in [0.4, 0.5) is 13.2 Å². The summed E-state index contributed by atoms with van der Waals surface area (Å²) in [5, 5.41) is 0. The minimum Gasteiger partial charge on any atom is -0.378 e. The standard InChI is InChI=1S/C13H13BrF3NO/c14-11(10-4-2-1-3-5-10)12(13(15,16)17)18-6-8-19-9-7-18/h1-5H,6-9H2/b12-11+. The van der Waals surface area contributed by atoms with Gasteiger partial charge in [0.05, 0.1) is 17.7 Å². The summed E-state index contributed by atoms with van der Waals surface area (Å²) in [6, 6.07) is 8.49. The Balaban J connectivity index is 2.41. The molecule has 1 saturated heterocycles. The maximum Gasteiger partial charge on any atom is 0.432 e. The summed E-state index contributed by atoms with van der Waals surface area (Å²) in [5.41, 5.74) is -0.122. The molecule has 0 atom stereocenters. The highest BCUT2D eigenvalue weighted by Crippen LogP contribution is 2.38. The van der Waals surface area contributed by atoms with Gasteiger partial charge in [0.25, 0.3) is 0 Å². The van der Waals surface area contributed by atoms with Gasteiger partial charge in [0.1, 0.15) is 5.70 Å². The van der Waals surface area contributed by atoms with Crippen molar-refractivity contribution in [3.05, 3.63) is 41.6 Å². The third-order valence-electron chi connectivity index (χ3n) is 2.83. The fraction of sp³-hybridized carbons (Fsp3) is 0.385. The molecule has 0 amide bonds. The van der Waals surface area contributed by atoms with E-state index < -0.39 is 11.9 Å². The van der Waals surface area contributed by atoms with Crippen LogP contribution < -0.4 is 0 Å². The van der Waals surface area contributed by atoms with Crippen LogP contribution in [0.1, 0.15) is 5.56 Å². The van der Waals surface area contributed by atoms with Crippen molar-refractivity contribution in [2.45, 2.75) is 6.18 Å². The zero-order valence-corrected chi connectivity index (χ0v) is 11.7. The van der Waals surface area contributed by atoms with Gasteiger partial charge in [-0.3, -0.25) is 0 Å². The predicted molar refractivity (Wildman–Crippen MR) is 70.7 cm³/mol. The Morgan fingerprint density at radius 2 is 1.68 bits per heavy atom. The SMILES string of the molecule is FC(F)(F)/C(=C(\Br)c1ccccc1)N1CCOCC1. The number of morpholine rings is 1. The van der Waals surface area contributed by atoms with Crippen LogP contribution in [0.25, 0.3) is 4.48 Å². The Labute approximate surface area is 118 Å². The highest BCUT2D eigenvalue weighted by molar-refractivity contribution is 9.15. The van der Waals surface area contributed by atoms with E-state index in [2.05, 4.69) is 15.9 Å². The fourth-order valence-corrected chi connectivity index (χ4v) is 2.69. The summed E-state index contributed by atoms with van der Waals surface area (Å²) in [5.74, 6) is 0. The second-order valence-electron chi connectivity index (χ2n) is 4.13. The summed E-state index contributed by atoms with van der Waals surface area (Å²) >= 11 is 3.10. The fourth-order valence-electron chi connectivity index (χ4n) is 1.95. The number of halogens is 4. The highest BCUT2D eigenvalue weighted by Gasteiger charge is 2.40. The minimum absolute atomic E-state index is 0.0718. The summed E-state index contributed by atoms with van der Waals surface area (Å²) in [6.45, 7) is 1.12. The molecule has 6 heteroatoms. The van der Waals surface area contributed by atoms with Crippen molar-refractivity contribution in [3.8, 4) is 0 Å². The monoisotopic (exact) mass is 335 g/mol. The van der Waals surface area contributed by atoms with Crippen LogP contribution in [0.2, 0.25) is 0 Å². The van der Waals surface area contributed by atoms with E-state index in [-0.39, 0.29) is 17.6 Å². The van der Waals surface area contributed by atoms with Crippen LogP contribution >= 0.6 is 15.9 Å². The van der Waals surface area contributed by atoms with Crippen molar-refractivity contribution >= 4 is 20.4 Å². The number of ether oxygens (including phenoxy) is 1. The molecule has 2 nitrogen and oxygen atoms in total. The lowest BCUT2D eigenvalue weighted by atomic mass is 10.1. The Kier molecular flexibility index (Phi) is 4.52. The van der Waals surface area contributed by atoms with E-state index in [9.17, 15) is 13.2 Å². The van der Waals surface area contributed by atoms with Gasteiger partial charge in [-0.1, -0.05) is 30.3 Å². The van der Waals surface area contributed by atoms with Crippen molar-refractivity contribution in [2.24, 2.45) is 0 Å². The average Bonchev–Trinajstić information content (AvgIpc) is 2.39. The number of rotatable bonds is 2. The smallest absolute Gasteiger partial charge is 0.378 e. The van der Waals surface area contributed by atoms with Gasteiger partial charge in [-0.05, 0) is 21.5 Å². The molecule has 1 aromatic carbocycles.